The van der Waals surface area contributed by atoms with Gasteiger partial charge < -0.3 is 9.84 Å². The molecular weight excluding hydrogens is 230 g/mol. The van der Waals surface area contributed by atoms with E-state index in [0.29, 0.717) is 23.5 Å². The van der Waals surface area contributed by atoms with Gasteiger partial charge in [-0.05, 0) is 31.9 Å². The molecule has 2 aromatic rings. The Morgan fingerprint density at radius 2 is 2.39 bits per heavy atom. The molecule has 1 unspecified atom stereocenters. The van der Waals surface area contributed by atoms with Crippen molar-refractivity contribution in [2.45, 2.75) is 25.3 Å². The summed E-state index contributed by atoms with van der Waals surface area (Å²) in [4.78, 5) is 12.3. The van der Waals surface area contributed by atoms with E-state index >= 15 is 0 Å². The first-order valence-electron chi connectivity index (χ1n) is 6.13. The van der Waals surface area contributed by atoms with Gasteiger partial charge in [-0.1, -0.05) is 5.16 Å². The van der Waals surface area contributed by atoms with Crippen molar-refractivity contribution in [3.63, 3.8) is 0 Å². The summed E-state index contributed by atoms with van der Waals surface area (Å²) in [6.07, 6.45) is 6.50. The van der Waals surface area contributed by atoms with Crippen molar-refractivity contribution in [3.8, 4) is 11.5 Å². The SMILES string of the molecule is CNC(Cc1nc(-c2ccncn2)no1)C1CC1. The maximum absolute atomic E-state index is 5.27. The molecule has 0 bridgehead atoms. The highest BCUT2D eigenvalue weighted by molar-refractivity contribution is 5.46. The quantitative estimate of drug-likeness (QED) is 0.849. The van der Waals surface area contributed by atoms with Gasteiger partial charge in [0.25, 0.3) is 0 Å². The third-order valence-electron chi connectivity index (χ3n) is 3.24. The molecule has 6 heteroatoms. The fourth-order valence-corrected chi connectivity index (χ4v) is 2.06. The number of hydrogen-bond donors (Lipinski definition) is 1. The zero-order chi connectivity index (χ0) is 12.4. The molecule has 0 radical (unpaired) electrons. The largest absolute Gasteiger partial charge is 0.339 e. The van der Waals surface area contributed by atoms with Crippen LogP contribution in [-0.4, -0.2) is 33.2 Å². The fraction of sp³-hybridized carbons (Fsp3) is 0.500. The van der Waals surface area contributed by atoms with Gasteiger partial charge in [-0.15, -0.1) is 0 Å². The smallest absolute Gasteiger partial charge is 0.228 e. The molecule has 2 aromatic heterocycles. The highest BCUT2D eigenvalue weighted by atomic mass is 16.5. The van der Waals surface area contributed by atoms with Crippen LogP contribution in [0.1, 0.15) is 18.7 Å². The first-order valence-corrected chi connectivity index (χ1v) is 6.13. The number of likely N-dealkylation sites (N-methyl/N-ethyl adjacent to an activating group) is 1. The third-order valence-corrected chi connectivity index (χ3v) is 3.24. The molecule has 0 amide bonds. The van der Waals surface area contributed by atoms with Gasteiger partial charge in [0.15, 0.2) is 0 Å². The van der Waals surface area contributed by atoms with E-state index in [1.807, 2.05) is 7.05 Å². The Morgan fingerprint density at radius 3 is 3.06 bits per heavy atom. The predicted molar refractivity (Wildman–Crippen MR) is 64.6 cm³/mol. The number of aromatic nitrogens is 4. The van der Waals surface area contributed by atoms with Crippen LogP contribution in [0.15, 0.2) is 23.1 Å². The van der Waals surface area contributed by atoms with Crippen molar-refractivity contribution in [1.82, 2.24) is 25.4 Å². The molecule has 2 heterocycles. The van der Waals surface area contributed by atoms with E-state index < -0.39 is 0 Å². The number of rotatable bonds is 5. The lowest BCUT2D eigenvalue weighted by molar-refractivity contribution is 0.352. The Hall–Kier alpha value is -1.82. The molecule has 0 spiro atoms. The average molecular weight is 245 g/mol. The summed E-state index contributed by atoms with van der Waals surface area (Å²) in [5, 5.41) is 7.26. The zero-order valence-electron chi connectivity index (χ0n) is 10.2. The van der Waals surface area contributed by atoms with Crippen LogP contribution in [0.3, 0.4) is 0 Å². The minimum Gasteiger partial charge on any atom is -0.339 e. The summed E-state index contributed by atoms with van der Waals surface area (Å²) < 4.78 is 5.27. The molecule has 0 aromatic carbocycles. The summed E-state index contributed by atoms with van der Waals surface area (Å²) in [5.41, 5.74) is 0.687. The van der Waals surface area contributed by atoms with Gasteiger partial charge in [-0.3, -0.25) is 0 Å². The first-order chi connectivity index (χ1) is 8.86. The standard InChI is InChI=1S/C12H15N5O/c1-13-10(8-2-3-8)6-11-16-12(17-18-11)9-4-5-14-7-15-9/h4-5,7-8,10,13H,2-3,6H2,1H3. The second-order valence-electron chi connectivity index (χ2n) is 4.54. The highest BCUT2D eigenvalue weighted by Gasteiger charge is 2.31. The van der Waals surface area contributed by atoms with Crippen molar-refractivity contribution in [2.24, 2.45) is 5.92 Å². The van der Waals surface area contributed by atoms with E-state index in [4.69, 9.17) is 4.52 Å². The summed E-state index contributed by atoms with van der Waals surface area (Å²) >= 11 is 0. The van der Waals surface area contributed by atoms with Crippen molar-refractivity contribution < 1.29 is 4.52 Å². The van der Waals surface area contributed by atoms with Gasteiger partial charge >= 0.3 is 0 Å². The number of hydrogen-bond acceptors (Lipinski definition) is 6. The molecule has 18 heavy (non-hydrogen) atoms. The Labute approximate surface area is 105 Å². The van der Waals surface area contributed by atoms with Crippen LogP contribution in [0, 0.1) is 5.92 Å². The van der Waals surface area contributed by atoms with Crippen LogP contribution in [0.25, 0.3) is 11.5 Å². The molecule has 1 aliphatic rings. The lowest BCUT2D eigenvalue weighted by Crippen LogP contribution is -2.29. The van der Waals surface area contributed by atoms with Crippen molar-refractivity contribution in [1.29, 1.82) is 0 Å². The molecule has 0 saturated heterocycles. The van der Waals surface area contributed by atoms with Crippen LogP contribution >= 0.6 is 0 Å². The number of nitrogens with zero attached hydrogens (tertiary/aromatic N) is 4. The van der Waals surface area contributed by atoms with Gasteiger partial charge in [-0.25, -0.2) is 9.97 Å². The molecule has 1 saturated carbocycles. The summed E-state index contributed by atoms with van der Waals surface area (Å²) in [7, 11) is 1.98. The van der Waals surface area contributed by atoms with E-state index in [-0.39, 0.29) is 0 Å². The second kappa shape index (κ2) is 4.81. The molecule has 1 atom stereocenters. The highest BCUT2D eigenvalue weighted by Crippen LogP contribution is 2.33. The Bertz CT molecular complexity index is 508. The normalized spacial score (nSPS) is 16.7. The molecular formula is C12H15N5O. The Morgan fingerprint density at radius 1 is 1.50 bits per heavy atom. The Kier molecular flexibility index (Phi) is 3.02. The van der Waals surface area contributed by atoms with E-state index in [0.717, 1.165) is 12.3 Å². The summed E-state index contributed by atoms with van der Waals surface area (Å²) in [5.74, 6) is 1.94. The predicted octanol–water partition coefficient (Wildman–Crippen LogP) is 1.07. The second-order valence-corrected chi connectivity index (χ2v) is 4.54. The van der Waals surface area contributed by atoms with Gasteiger partial charge in [0.05, 0.1) is 0 Å². The molecule has 0 aliphatic heterocycles. The van der Waals surface area contributed by atoms with Crippen LogP contribution in [0.2, 0.25) is 0 Å². The van der Waals surface area contributed by atoms with E-state index in [2.05, 4.69) is 25.4 Å². The summed E-state index contributed by atoms with van der Waals surface area (Å²) in [6, 6.07) is 2.20. The van der Waals surface area contributed by atoms with E-state index in [1.54, 1.807) is 12.3 Å². The van der Waals surface area contributed by atoms with Crippen LogP contribution < -0.4 is 5.32 Å². The van der Waals surface area contributed by atoms with E-state index in [1.165, 1.54) is 19.2 Å². The molecule has 1 fully saturated rings. The minimum absolute atomic E-state index is 0.434. The monoisotopic (exact) mass is 245 g/mol. The molecule has 94 valence electrons. The van der Waals surface area contributed by atoms with Crippen molar-refractivity contribution >= 4 is 0 Å². The lowest BCUT2D eigenvalue weighted by atomic mass is 10.1. The van der Waals surface area contributed by atoms with Crippen LogP contribution in [-0.2, 0) is 6.42 Å². The van der Waals surface area contributed by atoms with Crippen LogP contribution in [0.5, 0.6) is 0 Å². The van der Waals surface area contributed by atoms with Crippen LogP contribution in [0.4, 0.5) is 0 Å². The van der Waals surface area contributed by atoms with E-state index in [9.17, 15) is 0 Å². The van der Waals surface area contributed by atoms with Gasteiger partial charge in [0, 0.05) is 18.7 Å². The maximum atomic E-state index is 5.27. The van der Waals surface area contributed by atoms with Gasteiger partial charge in [-0.2, -0.15) is 4.98 Å². The zero-order valence-corrected chi connectivity index (χ0v) is 10.2. The van der Waals surface area contributed by atoms with Crippen molar-refractivity contribution in [3.05, 3.63) is 24.5 Å². The average Bonchev–Trinajstić information content (AvgIpc) is 3.16. The Balaban J connectivity index is 1.73. The molecule has 6 nitrogen and oxygen atoms in total. The molecule has 1 aliphatic carbocycles. The lowest BCUT2D eigenvalue weighted by Gasteiger charge is -2.11. The molecule has 3 rings (SSSR count). The fourth-order valence-electron chi connectivity index (χ4n) is 2.06. The van der Waals surface area contributed by atoms with Gasteiger partial charge in [0.2, 0.25) is 11.7 Å². The third kappa shape index (κ3) is 2.38. The maximum Gasteiger partial charge on any atom is 0.228 e. The van der Waals surface area contributed by atoms with Gasteiger partial charge in [0.1, 0.15) is 12.0 Å². The number of nitrogens with one attached hydrogen (secondary N) is 1. The summed E-state index contributed by atoms with van der Waals surface area (Å²) in [6.45, 7) is 0. The minimum atomic E-state index is 0.434. The topological polar surface area (TPSA) is 76.7 Å². The molecule has 1 N–H and O–H groups in total. The van der Waals surface area contributed by atoms with Crippen molar-refractivity contribution in [2.75, 3.05) is 7.05 Å². The first kappa shape index (κ1) is 11.3.